The van der Waals surface area contributed by atoms with Gasteiger partial charge in [0.2, 0.25) is 0 Å². The Morgan fingerprint density at radius 3 is 2.42 bits per heavy atom. The van der Waals surface area contributed by atoms with Crippen molar-refractivity contribution in [3.63, 3.8) is 0 Å². The number of hydrogen-bond acceptors (Lipinski definition) is 5. The van der Waals surface area contributed by atoms with Crippen molar-refractivity contribution in [3.8, 4) is 11.5 Å². The number of para-hydroxylation sites is 1. The number of halogens is 2. The summed E-state index contributed by atoms with van der Waals surface area (Å²) in [6.07, 6.45) is 1.70. The fourth-order valence-corrected chi connectivity index (χ4v) is 5.04. The van der Waals surface area contributed by atoms with Gasteiger partial charge in [0.05, 0.1) is 15.6 Å². The van der Waals surface area contributed by atoms with Crippen molar-refractivity contribution >= 4 is 69.2 Å². The lowest BCUT2D eigenvalue weighted by Gasteiger charge is -2.14. The topological polar surface area (TPSA) is 38.8 Å². The summed E-state index contributed by atoms with van der Waals surface area (Å²) >= 11 is 19.3. The summed E-state index contributed by atoms with van der Waals surface area (Å²) in [4.78, 5) is 15.0. The van der Waals surface area contributed by atoms with Gasteiger partial charge in [-0.1, -0.05) is 83.1 Å². The van der Waals surface area contributed by atoms with Crippen LogP contribution in [-0.4, -0.2) is 23.4 Å². The van der Waals surface area contributed by atoms with E-state index in [2.05, 4.69) is 0 Å². The van der Waals surface area contributed by atoms with E-state index < -0.39 is 0 Å². The van der Waals surface area contributed by atoms with Crippen LogP contribution in [0.4, 0.5) is 5.69 Å². The predicted octanol–water partition coefficient (Wildman–Crippen LogP) is 7.17. The molecule has 4 rings (SSSR count). The van der Waals surface area contributed by atoms with Gasteiger partial charge in [-0.2, -0.15) is 0 Å². The van der Waals surface area contributed by atoms with Gasteiger partial charge in [-0.3, -0.25) is 9.69 Å². The minimum absolute atomic E-state index is 0.207. The van der Waals surface area contributed by atoms with Gasteiger partial charge in [0, 0.05) is 10.6 Å². The Kier molecular flexibility index (Phi) is 7.60. The standard InChI is InChI=1S/C25H19Cl2NO3S2/c1-16-7-9-20(10-8-16)30-11-12-31-23-17(13-18(26)15-21(23)27)14-22-24(29)28(25(32)33-22)19-5-3-2-4-6-19/h2-10,13-15H,11-12H2,1H3/b22-14+. The lowest BCUT2D eigenvalue weighted by atomic mass is 10.1. The van der Waals surface area contributed by atoms with Crippen LogP contribution < -0.4 is 14.4 Å². The summed E-state index contributed by atoms with van der Waals surface area (Å²) in [6.45, 7) is 2.61. The molecule has 0 aliphatic carbocycles. The van der Waals surface area contributed by atoms with Crippen LogP contribution in [0.25, 0.3) is 6.08 Å². The van der Waals surface area contributed by atoms with Crippen molar-refractivity contribution < 1.29 is 14.3 Å². The maximum atomic E-state index is 13.1. The van der Waals surface area contributed by atoms with E-state index in [0.29, 0.717) is 37.2 Å². The number of anilines is 1. The van der Waals surface area contributed by atoms with Crippen molar-refractivity contribution in [2.75, 3.05) is 18.1 Å². The molecule has 8 heteroatoms. The Labute approximate surface area is 212 Å². The van der Waals surface area contributed by atoms with Crippen LogP contribution in [0, 0.1) is 6.92 Å². The molecule has 0 saturated carbocycles. The van der Waals surface area contributed by atoms with E-state index in [1.54, 1.807) is 18.2 Å². The Morgan fingerprint density at radius 2 is 1.70 bits per heavy atom. The number of hydrogen-bond donors (Lipinski definition) is 0. The molecule has 1 saturated heterocycles. The number of nitrogens with zero attached hydrogens (tertiary/aromatic N) is 1. The van der Waals surface area contributed by atoms with Gasteiger partial charge in [0.15, 0.2) is 4.32 Å². The zero-order valence-corrected chi connectivity index (χ0v) is 20.7. The molecular formula is C25H19Cl2NO3S2. The third-order valence-electron chi connectivity index (χ3n) is 4.75. The zero-order chi connectivity index (χ0) is 23.4. The van der Waals surface area contributed by atoms with E-state index in [0.717, 1.165) is 17.0 Å². The third kappa shape index (κ3) is 5.71. The molecule has 4 nitrogen and oxygen atoms in total. The Morgan fingerprint density at radius 1 is 1.00 bits per heavy atom. The molecule has 0 atom stereocenters. The number of rotatable bonds is 7. The highest BCUT2D eigenvalue weighted by molar-refractivity contribution is 8.27. The maximum absolute atomic E-state index is 13.1. The molecular weight excluding hydrogens is 497 g/mol. The number of benzene rings is 3. The van der Waals surface area contributed by atoms with Crippen molar-refractivity contribution in [1.29, 1.82) is 0 Å². The Hall–Kier alpha value is -2.51. The first-order valence-electron chi connectivity index (χ1n) is 10.1. The van der Waals surface area contributed by atoms with Gasteiger partial charge in [-0.15, -0.1) is 0 Å². The summed E-state index contributed by atoms with van der Waals surface area (Å²) in [7, 11) is 0. The first-order valence-corrected chi connectivity index (χ1v) is 12.0. The quantitative estimate of drug-likeness (QED) is 0.189. The SMILES string of the molecule is Cc1ccc(OCCOc2c(Cl)cc(Cl)cc2/C=C2/SC(=S)N(c3ccccc3)C2=O)cc1. The van der Waals surface area contributed by atoms with Gasteiger partial charge in [-0.25, -0.2) is 0 Å². The molecule has 0 aromatic heterocycles. The van der Waals surface area contributed by atoms with Crippen LogP contribution in [0.15, 0.2) is 71.6 Å². The number of ether oxygens (including phenoxy) is 2. The molecule has 3 aromatic rings. The van der Waals surface area contributed by atoms with Gasteiger partial charge >= 0.3 is 0 Å². The van der Waals surface area contributed by atoms with Crippen LogP contribution in [-0.2, 0) is 4.79 Å². The van der Waals surface area contributed by atoms with Gasteiger partial charge in [0.25, 0.3) is 5.91 Å². The normalized spacial score (nSPS) is 14.8. The van der Waals surface area contributed by atoms with Crippen LogP contribution in [0.5, 0.6) is 11.5 Å². The fourth-order valence-electron chi connectivity index (χ4n) is 3.19. The van der Waals surface area contributed by atoms with Gasteiger partial charge in [-0.05, 0) is 49.4 Å². The summed E-state index contributed by atoms with van der Waals surface area (Å²) in [5, 5.41) is 0.788. The highest BCUT2D eigenvalue weighted by atomic mass is 35.5. The Balaban J connectivity index is 1.51. The number of carbonyl (C=O) groups excluding carboxylic acids is 1. The zero-order valence-electron chi connectivity index (χ0n) is 17.6. The minimum Gasteiger partial charge on any atom is -0.490 e. The maximum Gasteiger partial charge on any atom is 0.270 e. The second-order valence-electron chi connectivity index (χ2n) is 7.17. The largest absolute Gasteiger partial charge is 0.490 e. The minimum atomic E-state index is -0.207. The fraction of sp³-hybridized carbons (Fsp3) is 0.120. The number of thioether (sulfide) groups is 1. The molecule has 3 aromatic carbocycles. The highest BCUT2D eigenvalue weighted by Gasteiger charge is 2.33. The molecule has 168 valence electrons. The molecule has 33 heavy (non-hydrogen) atoms. The van der Waals surface area contributed by atoms with E-state index in [9.17, 15) is 4.79 Å². The van der Waals surface area contributed by atoms with Crippen LogP contribution in [0.3, 0.4) is 0 Å². The summed E-state index contributed by atoms with van der Waals surface area (Å²) in [5.41, 5.74) is 2.47. The molecule has 1 aliphatic heterocycles. The van der Waals surface area contributed by atoms with E-state index >= 15 is 0 Å². The number of carbonyl (C=O) groups is 1. The highest BCUT2D eigenvalue weighted by Crippen LogP contribution is 2.39. The summed E-state index contributed by atoms with van der Waals surface area (Å²) in [5.74, 6) is 0.982. The first-order chi connectivity index (χ1) is 15.9. The molecule has 1 aliphatic rings. The van der Waals surface area contributed by atoms with Crippen LogP contribution in [0.2, 0.25) is 10.0 Å². The molecule has 0 unspecified atom stereocenters. The monoisotopic (exact) mass is 515 g/mol. The van der Waals surface area contributed by atoms with Crippen molar-refractivity contribution in [3.05, 3.63) is 92.8 Å². The lowest BCUT2D eigenvalue weighted by Crippen LogP contribution is -2.27. The summed E-state index contributed by atoms with van der Waals surface area (Å²) < 4.78 is 12.1. The summed E-state index contributed by atoms with van der Waals surface area (Å²) in [6, 6.07) is 20.4. The second kappa shape index (κ2) is 10.6. The van der Waals surface area contributed by atoms with Crippen molar-refractivity contribution in [1.82, 2.24) is 0 Å². The average Bonchev–Trinajstić information content (AvgIpc) is 3.07. The molecule has 0 N–H and O–H groups in total. The molecule has 0 radical (unpaired) electrons. The number of amides is 1. The van der Waals surface area contributed by atoms with E-state index in [1.165, 1.54) is 16.7 Å². The van der Waals surface area contributed by atoms with Gasteiger partial charge in [0.1, 0.15) is 24.7 Å². The first kappa shape index (κ1) is 23.6. The van der Waals surface area contributed by atoms with E-state index in [1.807, 2.05) is 61.5 Å². The molecule has 0 spiro atoms. The smallest absolute Gasteiger partial charge is 0.270 e. The van der Waals surface area contributed by atoms with E-state index in [-0.39, 0.29) is 12.5 Å². The average molecular weight is 516 g/mol. The second-order valence-corrected chi connectivity index (χ2v) is 9.69. The molecule has 0 bridgehead atoms. The van der Waals surface area contributed by atoms with Crippen molar-refractivity contribution in [2.45, 2.75) is 6.92 Å². The lowest BCUT2D eigenvalue weighted by molar-refractivity contribution is -0.113. The third-order valence-corrected chi connectivity index (χ3v) is 6.55. The molecule has 1 heterocycles. The van der Waals surface area contributed by atoms with Crippen LogP contribution >= 0.6 is 47.2 Å². The molecule has 1 fully saturated rings. The Bertz CT molecular complexity index is 1210. The van der Waals surface area contributed by atoms with Gasteiger partial charge < -0.3 is 9.47 Å². The number of aryl methyl sites for hydroxylation is 1. The molecule has 1 amide bonds. The van der Waals surface area contributed by atoms with E-state index in [4.69, 9.17) is 44.9 Å². The van der Waals surface area contributed by atoms with Crippen molar-refractivity contribution in [2.24, 2.45) is 0 Å². The number of thiocarbonyl (C=S) groups is 1. The van der Waals surface area contributed by atoms with Crippen LogP contribution in [0.1, 0.15) is 11.1 Å². The predicted molar refractivity (Wildman–Crippen MR) is 141 cm³/mol.